The van der Waals surface area contributed by atoms with Crippen LogP contribution in [0.25, 0.3) is 0 Å². The summed E-state index contributed by atoms with van der Waals surface area (Å²) in [6.45, 7) is 4.40. The normalized spacial score (nSPS) is 23.1. The monoisotopic (exact) mass is 178 g/mol. The molecule has 3 nitrogen and oxygen atoms in total. The van der Waals surface area contributed by atoms with E-state index >= 15 is 0 Å². The van der Waals surface area contributed by atoms with Crippen LogP contribution in [0.15, 0.2) is 21.8 Å². The Bertz CT molecular complexity index is 350. The molecule has 1 aliphatic carbocycles. The zero-order valence-electron chi connectivity index (χ0n) is 8.00. The number of hydrazone groups is 1. The molecular weight excluding hydrogens is 164 g/mol. The second-order valence-corrected chi connectivity index (χ2v) is 4.35. The standard InChI is InChI=1S/C10H14N2O/c1-10(2)5-8(12-11)7-3-4-13-9(7)6-10/h3-4H,5-6,11H2,1-2H3/b12-8-. The number of hydrogen-bond acceptors (Lipinski definition) is 3. The third-order valence-corrected chi connectivity index (χ3v) is 2.50. The molecule has 1 aromatic rings. The van der Waals surface area contributed by atoms with Crippen LogP contribution in [0.3, 0.4) is 0 Å². The minimum atomic E-state index is 0.211. The van der Waals surface area contributed by atoms with Gasteiger partial charge in [0, 0.05) is 12.0 Å². The van der Waals surface area contributed by atoms with Crippen molar-refractivity contribution in [2.45, 2.75) is 26.7 Å². The first-order valence-corrected chi connectivity index (χ1v) is 4.46. The molecule has 0 amide bonds. The third-order valence-electron chi connectivity index (χ3n) is 2.50. The molecule has 0 aliphatic heterocycles. The lowest BCUT2D eigenvalue weighted by Gasteiger charge is -2.28. The van der Waals surface area contributed by atoms with Crippen molar-refractivity contribution in [1.82, 2.24) is 0 Å². The molecule has 3 heteroatoms. The number of rotatable bonds is 0. The Balaban J connectivity index is 2.48. The maximum Gasteiger partial charge on any atom is 0.113 e. The van der Waals surface area contributed by atoms with Crippen molar-refractivity contribution in [3.8, 4) is 0 Å². The Morgan fingerprint density at radius 2 is 2.23 bits per heavy atom. The maximum absolute atomic E-state index is 5.39. The van der Waals surface area contributed by atoms with Gasteiger partial charge in [0.25, 0.3) is 0 Å². The van der Waals surface area contributed by atoms with Crippen LogP contribution in [0, 0.1) is 5.41 Å². The number of fused-ring (bicyclic) bond motifs is 1. The first kappa shape index (κ1) is 8.35. The van der Waals surface area contributed by atoms with E-state index in [0.717, 1.165) is 29.9 Å². The molecule has 1 aliphatic rings. The summed E-state index contributed by atoms with van der Waals surface area (Å²) < 4.78 is 5.39. The van der Waals surface area contributed by atoms with Gasteiger partial charge >= 0.3 is 0 Å². The van der Waals surface area contributed by atoms with Crippen LogP contribution in [0.1, 0.15) is 31.6 Å². The van der Waals surface area contributed by atoms with Crippen LogP contribution in [-0.2, 0) is 6.42 Å². The molecule has 0 atom stereocenters. The maximum atomic E-state index is 5.39. The van der Waals surface area contributed by atoms with Crippen molar-refractivity contribution >= 4 is 5.71 Å². The molecule has 0 spiro atoms. The van der Waals surface area contributed by atoms with Gasteiger partial charge in [-0.3, -0.25) is 0 Å². The van der Waals surface area contributed by atoms with Gasteiger partial charge < -0.3 is 10.3 Å². The zero-order valence-corrected chi connectivity index (χ0v) is 8.00. The van der Waals surface area contributed by atoms with E-state index < -0.39 is 0 Å². The Hall–Kier alpha value is -1.25. The zero-order chi connectivity index (χ0) is 9.47. The molecule has 1 aromatic heterocycles. The fraction of sp³-hybridized carbons (Fsp3) is 0.500. The van der Waals surface area contributed by atoms with E-state index in [0.29, 0.717) is 0 Å². The van der Waals surface area contributed by atoms with Crippen molar-refractivity contribution < 1.29 is 4.42 Å². The van der Waals surface area contributed by atoms with E-state index in [-0.39, 0.29) is 5.41 Å². The topological polar surface area (TPSA) is 51.5 Å². The van der Waals surface area contributed by atoms with E-state index in [1.165, 1.54) is 0 Å². The largest absolute Gasteiger partial charge is 0.469 e. The fourth-order valence-corrected chi connectivity index (χ4v) is 1.90. The van der Waals surface area contributed by atoms with Crippen LogP contribution in [0.5, 0.6) is 0 Å². The lowest BCUT2D eigenvalue weighted by molar-refractivity contribution is 0.331. The molecule has 13 heavy (non-hydrogen) atoms. The quantitative estimate of drug-likeness (QED) is 0.487. The van der Waals surface area contributed by atoms with Crippen molar-refractivity contribution in [2.75, 3.05) is 0 Å². The summed E-state index contributed by atoms with van der Waals surface area (Å²) in [5, 5.41) is 3.81. The summed E-state index contributed by atoms with van der Waals surface area (Å²) in [5.41, 5.74) is 2.25. The van der Waals surface area contributed by atoms with Crippen molar-refractivity contribution in [1.29, 1.82) is 0 Å². The molecule has 0 aromatic carbocycles. The summed E-state index contributed by atoms with van der Waals surface area (Å²) >= 11 is 0. The van der Waals surface area contributed by atoms with Crippen LogP contribution in [0.2, 0.25) is 0 Å². The van der Waals surface area contributed by atoms with E-state index in [1.807, 2.05) is 6.07 Å². The van der Waals surface area contributed by atoms with Gasteiger partial charge in [-0.15, -0.1) is 0 Å². The average Bonchev–Trinajstić information content (AvgIpc) is 2.48. The van der Waals surface area contributed by atoms with Gasteiger partial charge in [0.2, 0.25) is 0 Å². The molecule has 2 N–H and O–H groups in total. The van der Waals surface area contributed by atoms with E-state index in [1.54, 1.807) is 6.26 Å². The van der Waals surface area contributed by atoms with Crippen molar-refractivity contribution in [3.05, 3.63) is 23.7 Å². The highest BCUT2D eigenvalue weighted by atomic mass is 16.3. The van der Waals surface area contributed by atoms with Gasteiger partial charge in [-0.05, 0) is 17.9 Å². The average molecular weight is 178 g/mol. The molecule has 2 rings (SSSR count). The van der Waals surface area contributed by atoms with Crippen LogP contribution >= 0.6 is 0 Å². The highest BCUT2D eigenvalue weighted by molar-refractivity contribution is 6.02. The second kappa shape index (κ2) is 2.62. The molecule has 0 fully saturated rings. The highest BCUT2D eigenvalue weighted by Crippen LogP contribution is 2.35. The lowest BCUT2D eigenvalue weighted by atomic mass is 9.76. The second-order valence-electron chi connectivity index (χ2n) is 4.35. The van der Waals surface area contributed by atoms with Crippen molar-refractivity contribution in [2.24, 2.45) is 16.4 Å². The van der Waals surface area contributed by atoms with Gasteiger partial charge in [0.05, 0.1) is 12.0 Å². The minimum absolute atomic E-state index is 0.211. The van der Waals surface area contributed by atoms with E-state index in [4.69, 9.17) is 10.3 Å². The lowest BCUT2D eigenvalue weighted by Crippen LogP contribution is -2.27. The molecule has 70 valence electrons. The van der Waals surface area contributed by atoms with Gasteiger partial charge in [-0.1, -0.05) is 13.8 Å². The Morgan fingerprint density at radius 1 is 1.46 bits per heavy atom. The molecule has 0 saturated heterocycles. The summed E-state index contributed by atoms with van der Waals surface area (Å²) in [5.74, 6) is 6.36. The smallest absolute Gasteiger partial charge is 0.113 e. The van der Waals surface area contributed by atoms with Gasteiger partial charge in [-0.25, -0.2) is 0 Å². The summed E-state index contributed by atoms with van der Waals surface area (Å²) in [7, 11) is 0. The first-order valence-electron chi connectivity index (χ1n) is 4.46. The number of nitrogens with zero attached hydrogens (tertiary/aromatic N) is 1. The number of hydrogen-bond donors (Lipinski definition) is 1. The van der Waals surface area contributed by atoms with Gasteiger partial charge in [0.1, 0.15) is 5.76 Å². The van der Waals surface area contributed by atoms with Crippen LogP contribution < -0.4 is 5.84 Å². The molecule has 0 bridgehead atoms. The van der Waals surface area contributed by atoms with Gasteiger partial charge in [-0.2, -0.15) is 5.10 Å². The molecule has 0 saturated carbocycles. The minimum Gasteiger partial charge on any atom is -0.469 e. The molecular formula is C10H14N2O. The summed E-state index contributed by atoms with van der Waals surface area (Å²) in [6.07, 6.45) is 3.60. The molecule has 0 unspecified atom stereocenters. The SMILES string of the molecule is CC1(C)C/C(=N/N)c2ccoc2C1. The Morgan fingerprint density at radius 3 is 2.92 bits per heavy atom. The molecule has 1 heterocycles. The number of nitrogens with two attached hydrogens (primary N) is 1. The third kappa shape index (κ3) is 1.34. The van der Waals surface area contributed by atoms with Crippen LogP contribution in [0.4, 0.5) is 0 Å². The van der Waals surface area contributed by atoms with Crippen molar-refractivity contribution in [3.63, 3.8) is 0 Å². The first-order chi connectivity index (χ1) is 6.12. The fourth-order valence-electron chi connectivity index (χ4n) is 1.90. The summed E-state index contributed by atoms with van der Waals surface area (Å²) in [6, 6.07) is 1.94. The molecule has 0 radical (unpaired) electrons. The predicted molar refractivity (Wildman–Crippen MR) is 51.5 cm³/mol. The Kier molecular flexibility index (Phi) is 1.68. The van der Waals surface area contributed by atoms with E-state index in [2.05, 4.69) is 18.9 Å². The van der Waals surface area contributed by atoms with E-state index in [9.17, 15) is 0 Å². The number of furan rings is 1. The van der Waals surface area contributed by atoms with Crippen LogP contribution in [-0.4, -0.2) is 5.71 Å². The predicted octanol–water partition coefficient (Wildman–Crippen LogP) is 1.91. The Labute approximate surface area is 77.6 Å². The summed E-state index contributed by atoms with van der Waals surface area (Å²) in [4.78, 5) is 0. The highest BCUT2D eigenvalue weighted by Gasteiger charge is 2.31. The van der Waals surface area contributed by atoms with Gasteiger partial charge in [0.15, 0.2) is 0 Å².